The lowest BCUT2D eigenvalue weighted by molar-refractivity contribution is -0.124. The molecule has 4 N–H and O–H groups in total. The van der Waals surface area contributed by atoms with Crippen LogP contribution in [0.5, 0.6) is 0 Å². The first-order valence-electron chi connectivity index (χ1n) is 5.82. The number of nitrogens with two attached hydrogens (primary N) is 1. The molecule has 5 nitrogen and oxygen atoms in total. The van der Waals surface area contributed by atoms with Crippen LogP contribution >= 0.6 is 23.2 Å². The Bertz CT molecular complexity index is 511. The van der Waals surface area contributed by atoms with Crippen molar-refractivity contribution in [1.29, 1.82) is 0 Å². The van der Waals surface area contributed by atoms with Gasteiger partial charge in [-0.2, -0.15) is 0 Å². The summed E-state index contributed by atoms with van der Waals surface area (Å²) in [5, 5.41) is 5.77. The summed E-state index contributed by atoms with van der Waals surface area (Å²) >= 11 is 11.7. The van der Waals surface area contributed by atoms with Gasteiger partial charge in [0.15, 0.2) is 0 Å². The predicted molar refractivity (Wildman–Crippen MR) is 74.4 cm³/mol. The van der Waals surface area contributed by atoms with E-state index in [1.807, 2.05) is 0 Å². The third kappa shape index (κ3) is 3.11. The zero-order valence-corrected chi connectivity index (χ0v) is 11.5. The third-order valence-corrected chi connectivity index (χ3v) is 3.73. The Morgan fingerprint density at radius 2 is 2.16 bits per heavy atom. The molecule has 1 saturated heterocycles. The van der Waals surface area contributed by atoms with Gasteiger partial charge in [-0.1, -0.05) is 23.2 Å². The van der Waals surface area contributed by atoms with Crippen molar-refractivity contribution >= 4 is 40.7 Å². The van der Waals surface area contributed by atoms with Gasteiger partial charge < -0.3 is 16.4 Å². The van der Waals surface area contributed by atoms with Crippen molar-refractivity contribution in [3.05, 3.63) is 27.7 Å². The van der Waals surface area contributed by atoms with E-state index < -0.39 is 11.9 Å². The summed E-state index contributed by atoms with van der Waals surface area (Å²) in [5.41, 5.74) is 6.16. The van der Waals surface area contributed by atoms with Crippen LogP contribution < -0.4 is 16.4 Å². The lowest BCUT2D eigenvalue weighted by Gasteiger charge is -2.22. The topological polar surface area (TPSA) is 84.2 Å². The van der Waals surface area contributed by atoms with E-state index in [4.69, 9.17) is 28.9 Å². The van der Waals surface area contributed by atoms with Crippen LogP contribution in [0.15, 0.2) is 12.1 Å². The fraction of sp³-hybridized carbons (Fsp3) is 0.333. The third-order valence-electron chi connectivity index (χ3n) is 2.91. The lowest BCUT2D eigenvalue weighted by Crippen LogP contribution is -2.50. The van der Waals surface area contributed by atoms with Crippen molar-refractivity contribution in [3.8, 4) is 0 Å². The van der Waals surface area contributed by atoms with Gasteiger partial charge in [-0.15, -0.1) is 0 Å². The number of hydrogen-bond acceptors (Lipinski definition) is 3. The number of piperidine rings is 1. The Morgan fingerprint density at radius 3 is 2.79 bits per heavy atom. The van der Waals surface area contributed by atoms with E-state index in [0.717, 1.165) is 6.42 Å². The molecular weight excluding hydrogens is 289 g/mol. The first-order chi connectivity index (χ1) is 8.99. The highest BCUT2D eigenvalue weighted by molar-refractivity contribution is 6.43. The molecule has 0 aromatic heterocycles. The standard InChI is InChI=1S/C12H13Cl2N3O2/c13-7-4-6(5-8(15)10(7)14)11(18)17-9-2-1-3-16-12(9)19/h4-5,9H,1-3,15H2,(H,16,19)(H,17,18). The number of amides is 2. The summed E-state index contributed by atoms with van der Waals surface area (Å²) < 4.78 is 0. The summed E-state index contributed by atoms with van der Waals surface area (Å²) in [6, 6.07) is 2.34. The number of benzene rings is 1. The molecule has 1 aliphatic rings. The maximum atomic E-state index is 12.0. The Balaban J connectivity index is 2.13. The van der Waals surface area contributed by atoms with Crippen LogP contribution in [-0.2, 0) is 4.79 Å². The molecule has 0 aliphatic carbocycles. The summed E-state index contributed by atoms with van der Waals surface area (Å²) in [5.74, 6) is -0.569. The molecule has 102 valence electrons. The van der Waals surface area contributed by atoms with Crippen LogP contribution in [0.2, 0.25) is 10.0 Å². The van der Waals surface area contributed by atoms with Crippen molar-refractivity contribution in [2.75, 3.05) is 12.3 Å². The SMILES string of the molecule is Nc1cc(C(=O)NC2CCCNC2=O)cc(Cl)c1Cl. The molecule has 19 heavy (non-hydrogen) atoms. The molecule has 0 bridgehead atoms. The van der Waals surface area contributed by atoms with Crippen molar-refractivity contribution in [2.24, 2.45) is 0 Å². The van der Waals surface area contributed by atoms with Crippen LogP contribution in [0, 0.1) is 0 Å². The number of nitrogen functional groups attached to an aromatic ring is 1. The molecular formula is C12H13Cl2N3O2. The molecule has 1 aromatic carbocycles. The first-order valence-corrected chi connectivity index (χ1v) is 6.57. The van der Waals surface area contributed by atoms with Crippen LogP contribution in [0.1, 0.15) is 23.2 Å². The molecule has 1 fully saturated rings. The first kappa shape index (κ1) is 14.0. The average molecular weight is 302 g/mol. The van der Waals surface area contributed by atoms with Gasteiger partial charge in [0.05, 0.1) is 15.7 Å². The average Bonchev–Trinajstić information content (AvgIpc) is 2.38. The highest BCUT2D eigenvalue weighted by atomic mass is 35.5. The van der Waals surface area contributed by atoms with E-state index in [2.05, 4.69) is 10.6 Å². The Labute approximate surface area is 120 Å². The van der Waals surface area contributed by atoms with E-state index >= 15 is 0 Å². The van der Waals surface area contributed by atoms with Gasteiger partial charge in [0.1, 0.15) is 6.04 Å². The molecule has 1 unspecified atom stereocenters. The second-order valence-electron chi connectivity index (χ2n) is 4.32. The van der Waals surface area contributed by atoms with Crippen LogP contribution in [0.25, 0.3) is 0 Å². The van der Waals surface area contributed by atoms with Gasteiger partial charge in [-0.05, 0) is 25.0 Å². The zero-order valence-electron chi connectivity index (χ0n) is 10.0. The lowest BCUT2D eigenvalue weighted by atomic mass is 10.1. The van der Waals surface area contributed by atoms with Crippen molar-refractivity contribution in [1.82, 2.24) is 10.6 Å². The number of anilines is 1. The minimum Gasteiger partial charge on any atom is -0.397 e. The van der Waals surface area contributed by atoms with Crippen molar-refractivity contribution in [3.63, 3.8) is 0 Å². The van der Waals surface area contributed by atoms with Gasteiger partial charge in [-0.3, -0.25) is 9.59 Å². The molecule has 2 amide bonds. The summed E-state index contributed by atoms with van der Waals surface area (Å²) in [7, 11) is 0. The van der Waals surface area contributed by atoms with E-state index in [1.165, 1.54) is 12.1 Å². The van der Waals surface area contributed by atoms with Crippen molar-refractivity contribution < 1.29 is 9.59 Å². The highest BCUT2D eigenvalue weighted by Gasteiger charge is 2.24. The number of hydrogen-bond donors (Lipinski definition) is 3. The van der Waals surface area contributed by atoms with Crippen LogP contribution in [-0.4, -0.2) is 24.4 Å². The molecule has 0 radical (unpaired) electrons. The Morgan fingerprint density at radius 1 is 1.42 bits per heavy atom. The zero-order chi connectivity index (χ0) is 14.0. The van der Waals surface area contributed by atoms with E-state index in [1.54, 1.807) is 0 Å². The second kappa shape index (κ2) is 5.67. The maximum absolute atomic E-state index is 12.0. The monoisotopic (exact) mass is 301 g/mol. The Kier molecular flexibility index (Phi) is 4.17. The minimum atomic E-state index is -0.517. The maximum Gasteiger partial charge on any atom is 0.252 e. The summed E-state index contributed by atoms with van der Waals surface area (Å²) in [6.07, 6.45) is 1.45. The van der Waals surface area contributed by atoms with Crippen molar-refractivity contribution in [2.45, 2.75) is 18.9 Å². The Hall–Kier alpha value is -1.46. The largest absolute Gasteiger partial charge is 0.397 e. The fourth-order valence-electron chi connectivity index (χ4n) is 1.89. The highest BCUT2D eigenvalue weighted by Crippen LogP contribution is 2.29. The second-order valence-corrected chi connectivity index (χ2v) is 5.11. The molecule has 1 aliphatic heterocycles. The predicted octanol–water partition coefficient (Wildman–Crippen LogP) is 1.58. The smallest absolute Gasteiger partial charge is 0.252 e. The van der Waals surface area contributed by atoms with Gasteiger partial charge >= 0.3 is 0 Å². The van der Waals surface area contributed by atoms with Gasteiger partial charge in [0.2, 0.25) is 5.91 Å². The van der Waals surface area contributed by atoms with Gasteiger partial charge in [0, 0.05) is 12.1 Å². The summed E-state index contributed by atoms with van der Waals surface area (Å²) in [6.45, 7) is 0.644. The summed E-state index contributed by atoms with van der Waals surface area (Å²) in [4.78, 5) is 23.6. The minimum absolute atomic E-state index is 0.173. The number of carbonyl (C=O) groups is 2. The van der Waals surface area contributed by atoms with E-state index in [9.17, 15) is 9.59 Å². The molecule has 1 heterocycles. The molecule has 7 heteroatoms. The van der Waals surface area contributed by atoms with Gasteiger partial charge in [-0.25, -0.2) is 0 Å². The molecule has 1 atom stereocenters. The van der Waals surface area contributed by atoms with Gasteiger partial charge in [0.25, 0.3) is 5.91 Å². The van der Waals surface area contributed by atoms with E-state index in [0.29, 0.717) is 13.0 Å². The van der Waals surface area contributed by atoms with Crippen LogP contribution in [0.3, 0.4) is 0 Å². The molecule has 1 aromatic rings. The number of carbonyl (C=O) groups excluding carboxylic acids is 2. The molecule has 2 rings (SSSR count). The number of rotatable bonds is 2. The van der Waals surface area contributed by atoms with E-state index in [-0.39, 0.29) is 27.2 Å². The normalized spacial score (nSPS) is 18.8. The number of nitrogens with one attached hydrogen (secondary N) is 2. The molecule has 0 saturated carbocycles. The fourth-order valence-corrected chi connectivity index (χ4v) is 2.23. The number of halogens is 2. The molecule has 0 spiro atoms. The van der Waals surface area contributed by atoms with Crippen LogP contribution in [0.4, 0.5) is 5.69 Å². The quantitative estimate of drug-likeness (QED) is 0.725.